The zero-order valence-corrected chi connectivity index (χ0v) is 11.7. The van der Waals surface area contributed by atoms with Crippen molar-refractivity contribution in [2.45, 2.75) is 13.0 Å². The molecule has 1 heterocycles. The zero-order chi connectivity index (χ0) is 13.8. The van der Waals surface area contributed by atoms with Gasteiger partial charge in [-0.1, -0.05) is 35.3 Å². The summed E-state index contributed by atoms with van der Waals surface area (Å²) in [5, 5.41) is 3.88. The van der Waals surface area contributed by atoms with E-state index in [1.165, 1.54) is 6.20 Å². The monoisotopic (exact) mass is 294 g/mol. The fraction of sp³-hybridized carbons (Fsp3) is 0.143. The van der Waals surface area contributed by atoms with Crippen LogP contribution in [0.2, 0.25) is 10.2 Å². The number of carbonyl (C=O) groups is 1. The lowest BCUT2D eigenvalue weighted by Gasteiger charge is -2.14. The van der Waals surface area contributed by atoms with Crippen LogP contribution in [0.25, 0.3) is 0 Å². The van der Waals surface area contributed by atoms with Gasteiger partial charge in [0.1, 0.15) is 5.15 Å². The molecule has 0 bridgehead atoms. The van der Waals surface area contributed by atoms with Gasteiger partial charge in [0.25, 0.3) is 5.91 Å². The first-order valence-corrected chi connectivity index (χ1v) is 6.50. The molecule has 0 aliphatic rings. The predicted octanol–water partition coefficient (Wildman–Crippen LogP) is 3.88. The van der Waals surface area contributed by atoms with Crippen molar-refractivity contribution in [2.24, 2.45) is 0 Å². The summed E-state index contributed by atoms with van der Waals surface area (Å²) in [4.78, 5) is 15.9. The first-order chi connectivity index (χ1) is 9.06. The van der Waals surface area contributed by atoms with E-state index in [4.69, 9.17) is 23.2 Å². The van der Waals surface area contributed by atoms with Crippen LogP contribution in [0.3, 0.4) is 0 Å². The Kier molecular flexibility index (Phi) is 4.40. The molecule has 0 aliphatic heterocycles. The lowest BCUT2D eigenvalue weighted by atomic mass is 10.1. The number of pyridine rings is 1. The highest BCUT2D eigenvalue weighted by molar-refractivity contribution is 6.30. The van der Waals surface area contributed by atoms with E-state index in [9.17, 15) is 4.79 Å². The Balaban J connectivity index is 2.08. The van der Waals surface area contributed by atoms with Gasteiger partial charge >= 0.3 is 0 Å². The van der Waals surface area contributed by atoms with Crippen LogP contribution >= 0.6 is 23.2 Å². The molecular weight excluding hydrogens is 283 g/mol. The van der Waals surface area contributed by atoms with Crippen LogP contribution in [0.15, 0.2) is 42.6 Å². The fourth-order valence-corrected chi connectivity index (χ4v) is 1.96. The van der Waals surface area contributed by atoms with Crippen LogP contribution in [0.1, 0.15) is 28.9 Å². The fourth-order valence-electron chi connectivity index (χ4n) is 1.65. The van der Waals surface area contributed by atoms with Gasteiger partial charge in [-0.3, -0.25) is 4.79 Å². The van der Waals surface area contributed by atoms with Crippen molar-refractivity contribution in [1.82, 2.24) is 10.3 Å². The molecule has 1 atom stereocenters. The number of hydrogen-bond donors (Lipinski definition) is 1. The first-order valence-electron chi connectivity index (χ1n) is 5.74. The first kappa shape index (κ1) is 13.8. The predicted molar refractivity (Wildman–Crippen MR) is 76.6 cm³/mol. The molecule has 1 aromatic heterocycles. The van der Waals surface area contributed by atoms with E-state index in [0.29, 0.717) is 15.7 Å². The third-order valence-corrected chi connectivity index (χ3v) is 3.14. The third-order valence-electron chi connectivity index (χ3n) is 2.69. The Morgan fingerprint density at radius 2 is 2.05 bits per heavy atom. The van der Waals surface area contributed by atoms with E-state index in [1.54, 1.807) is 18.2 Å². The lowest BCUT2D eigenvalue weighted by Crippen LogP contribution is -2.26. The van der Waals surface area contributed by atoms with E-state index >= 15 is 0 Å². The van der Waals surface area contributed by atoms with Gasteiger partial charge in [0.2, 0.25) is 0 Å². The molecule has 2 rings (SSSR count). The summed E-state index contributed by atoms with van der Waals surface area (Å²) in [5.74, 6) is -0.198. The number of aromatic nitrogens is 1. The molecule has 19 heavy (non-hydrogen) atoms. The van der Waals surface area contributed by atoms with Crippen LogP contribution < -0.4 is 5.32 Å². The Bertz CT molecular complexity index is 584. The normalized spacial score (nSPS) is 11.9. The quantitative estimate of drug-likeness (QED) is 0.873. The van der Waals surface area contributed by atoms with E-state index in [2.05, 4.69) is 10.3 Å². The summed E-state index contributed by atoms with van der Waals surface area (Å²) in [5.41, 5.74) is 1.42. The zero-order valence-electron chi connectivity index (χ0n) is 10.2. The largest absolute Gasteiger partial charge is 0.345 e. The summed E-state index contributed by atoms with van der Waals surface area (Å²) in [6.07, 6.45) is 1.45. The van der Waals surface area contributed by atoms with Gasteiger partial charge in [0.15, 0.2) is 0 Å². The second-order valence-corrected chi connectivity index (χ2v) is 4.94. The molecule has 3 nitrogen and oxygen atoms in total. The molecule has 0 saturated carbocycles. The minimum atomic E-state index is -0.198. The number of nitrogens with one attached hydrogen (secondary N) is 1. The van der Waals surface area contributed by atoms with E-state index in [0.717, 1.165) is 5.56 Å². The molecule has 1 N–H and O–H groups in total. The SMILES string of the molecule is CC(NC(=O)c1ccc(Cl)nc1)c1cccc(Cl)c1. The van der Waals surface area contributed by atoms with Gasteiger partial charge in [0.05, 0.1) is 11.6 Å². The van der Waals surface area contributed by atoms with E-state index in [-0.39, 0.29) is 11.9 Å². The minimum Gasteiger partial charge on any atom is -0.345 e. The number of halogens is 2. The second kappa shape index (κ2) is 6.04. The summed E-state index contributed by atoms with van der Waals surface area (Å²) in [7, 11) is 0. The highest BCUT2D eigenvalue weighted by Crippen LogP contribution is 2.17. The second-order valence-electron chi connectivity index (χ2n) is 4.12. The molecule has 2 aromatic rings. The average molecular weight is 295 g/mol. The molecule has 0 fully saturated rings. The van der Waals surface area contributed by atoms with E-state index < -0.39 is 0 Å². The molecule has 5 heteroatoms. The Hall–Kier alpha value is -1.58. The maximum atomic E-state index is 12.0. The lowest BCUT2D eigenvalue weighted by molar-refractivity contribution is 0.0939. The van der Waals surface area contributed by atoms with Gasteiger partial charge in [-0.25, -0.2) is 4.98 Å². The molecule has 0 radical (unpaired) electrons. The number of nitrogens with zero attached hydrogens (tertiary/aromatic N) is 1. The van der Waals surface area contributed by atoms with Crippen LogP contribution in [-0.4, -0.2) is 10.9 Å². The van der Waals surface area contributed by atoms with Crippen molar-refractivity contribution in [3.63, 3.8) is 0 Å². The number of rotatable bonds is 3. The minimum absolute atomic E-state index is 0.137. The van der Waals surface area contributed by atoms with Gasteiger partial charge in [0, 0.05) is 11.2 Å². The number of amides is 1. The molecule has 0 aliphatic carbocycles. The highest BCUT2D eigenvalue weighted by Gasteiger charge is 2.11. The Labute approximate surface area is 121 Å². The molecular formula is C14H12Cl2N2O. The molecule has 1 unspecified atom stereocenters. The Morgan fingerprint density at radius 3 is 2.68 bits per heavy atom. The van der Waals surface area contributed by atoms with Gasteiger partial charge in [-0.15, -0.1) is 0 Å². The van der Waals surface area contributed by atoms with Crippen molar-refractivity contribution >= 4 is 29.1 Å². The van der Waals surface area contributed by atoms with Crippen molar-refractivity contribution in [3.8, 4) is 0 Å². The van der Waals surface area contributed by atoms with Crippen LogP contribution in [0.5, 0.6) is 0 Å². The number of benzene rings is 1. The summed E-state index contributed by atoms with van der Waals surface area (Å²) >= 11 is 11.6. The van der Waals surface area contributed by atoms with Crippen LogP contribution in [-0.2, 0) is 0 Å². The molecule has 0 spiro atoms. The van der Waals surface area contributed by atoms with Crippen molar-refractivity contribution in [1.29, 1.82) is 0 Å². The molecule has 1 amide bonds. The summed E-state index contributed by atoms with van der Waals surface area (Å²) in [6.45, 7) is 1.90. The third kappa shape index (κ3) is 3.69. The summed E-state index contributed by atoms with van der Waals surface area (Å²) in [6, 6.07) is 10.5. The van der Waals surface area contributed by atoms with E-state index in [1.807, 2.05) is 25.1 Å². The van der Waals surface area contributed by atoms with Gasteiger partial charge in [-0.2, -0.15) is 0 Å². The maximum Gasteiger partial charge on any atom is 0.253 e. The Morgan fingerprint density at radius 1 is 1.26 bits per heavy atom. The number of hydrogen-bond acceptors (Lipinski definition) is 2. The van der Waals surface area contributed by atoms with Crippen LogP contribution in [0.4, 0.5) is 0 Å². The number of carbonyl (C=O) groups excluding carboxylic acids is 1. The standard InChI is InChI=1S/C14H12Cl2N2O/c1-9(10-3-2-4-12(15)7-10)18-14(19)11-5-6-13(16)17-8-11/h2-9H,1H3,(H,18,19). The maximum absolute atomic E-state index is 12.0. The van der Waals surface area contributed by atoms with Crippen molar-refractivity contribution < 1.29 is 4.79 Å². The van der Waals surface area contributed by atoms with Crippen LogP contribution in [0, 0.1) is 0 Å². The topological polar surface area (TPSA) is 42.0 Å². The van der Waals surface area contributed by atoms with Crippen molar-refractivity contribution in [2.75, 3.05) is 0 Å². The highest BCUT2D eigenvalue weighted by atomic mass is 35.5. The average Bonchev–Trinajstić information content (AvgIpc) is 2.39. The van der Waals surface area contributed by atoms with Crippen molar-refractivity contribution in [3.05, 3.63) is 63.9 Å². The molecule has 98 valence electrons. The van der Waals surface area contributed by atoms with Gasteiger partial charge in [-0.05, 0) is 36.8 Å². The smallest absolute Gasteiger partial charge is 0.253 e. The molecule has 0 saturated heterocycles. The van der Waals surface area contributed by atoms with Gasteiger partial charge < -0.3 is 5.32 Å². The molecule has 1 aromatic carbocycles. The summed E-state index contributed by atoms with van der Waals surface area (Å²) < 4.78 is 0.